The largest absolute Gasteiger partial charge is 0.486 e. The molecule has 0 saturated carbocycles. The number of nitrogens with zero attached hydrogens (tertiary/aromatic N) is 2. The third-order valence-electron chi connectivity index (χ3n) is 3.66. The van der Waals surface area contributed by atoms with Gasteiger partial charge in [-0.3, -0.25) is 4.68 Å². The second kappa shape index (κ2) is 5.56. The Morgan fingerprint density at radius 1 is 0.909 bits per heavy atom. The van der Waals surface area contributed by atoms with Crippen molar-refractivity contribution in [3.05, 3.63) is 66.4 Å². The van der Waals surface area contributed by atoms with Gasteiger partial charge < -0.3 is 9.47 Å². The number of ether oxygens (including phenoxy) is 2. The molecular formula is C18H16N2O2. The highest BCUT2D eigenvalue weighted by Crippen LogP contribution is 2.31. The average molecular weight is 292 g/mol. The Labute approximate surface area is 128 Å². The van der Waals surface area contributed by atoms with Crippen LogP contribution < -0.4 is 9.47 Å². The number of benzene rings is 2. The lowest BCUT2D eigenvalue weighted by molar-refractivity contribution is 0.171. The molecule has 0 saturated heterocycles. The van der Waals surface area contributed by atoms with E-state index in [-0.39, 0.29) is 0 Å². The summed E-state index contributed by atoms with van der Waals surface area (Å²) >= 11 is 0. The number of rotatable bonds is 3. The molecule has 1 aromatic heterocycles. The van der Waals surface area contributed by atoms with Gasteiger partial charge in [0.25, 0.3) is 0 Å². The van der Waals surface area contributed by atoms with Gasteiger partial charge in [0, 0.05) is 11.8 Å². The zero-order chi connectivity index (χ0) is 14.8. The van der Waals surface area contributed by atoms with Gasteiger partial charge in [0.1, 0.15) is 13.2 Å². The van der Waals surface area contributed by atoms with Crippen LogP contribution in [-0.2, 0) is 6.54 Å². The molecule has 0 radical (unpaired) electrons. The van der Waals surface area contributed by atoms with Crippen molar-refractivity contribution in [2.24, 2.45) is 0 Å². The van der Waals surface area contributed by atoms with Gasteiger partial charge >= 0.3 is 0 Å². The Morgan fingerprint density at radius 3 is 2.59 bits per heavy atom. The van der Waals surface area contributed by atoms with E-state index in [0.717, 1.165) is 28.3 Å². The van der Waals surface area contributed by atoms with E-state index in [1.165, 1.54) is 0 Å². The maximum Gasteiger partial charge on any atom is 0.161 e. The Kier molecular flexibility index (Phi) is 3.27. The molecule has 3 aromatic rings. The number of fused-ring (bicyclic) bond motifs is 1. The van der Waals surface area contributed by atoms with Crippen LogP contribution in [0, 0.1) is 0 Å². The number of hydrogen-bond acceptors (Lipinski definition) is 3. The third-order valence-corrected chi connectivity index (χ3v) is 3.66. The van der Waals surface area contributed by atoms with Crippen LogP contribution in [0.1, 0.15) is 5.56 Å². The van der Waals surface area contributed by atoms with E-state index in [1.807, 2.05) is 47.3 Å². The van der Waals surface area contributed by atoms with E-state index in [1.54, 1.807) is 0 Å². The number of hydrogen-bond donors (Lipinski definition) is 0. The molecule has 0 aliphatic carbocycles. The zero-order valence-corrected chi connectivity index (χ0v) is 12.1. The van der Waals surface area contributed by atoms with Crippen molar-refractivity contribution in [3.8, 4) is 22.8 Å². The Hall–Kier alpha value is -2.75. The summed E-state index contributed by atoms with van der Waals surface area (Å²) in [6, 6.07) is 18.3. The van der Waals surface area contributed by atoms with Gasteiger partial charge in [0.2, 0.25) is 0 Å². The van der Waals surface area contributed by atoms with Gasteiger partial charge in [0.05, 0.1) is 12.2 Å². The quantitative estimate of drug-likeness (QED) is 0.742. The zero-order valence-electron chi connectivity index (χ0n) is 12.1. The molecule has 0 bridgehead atoms. The van der Waals surface area contributed by atoms with Crippen LogP contribution in [0.5, 0.6) is 11.5 Å². The summed E-state index contributed by atoms with van der Waals surface area (Å²) < 4.78 is 13.1. The fraction of sp³-hybridized carbons (Fsp3) is 0.167. The number of aromatic nitrogens is 2. The molecule has 0 spiro atoms. The second-order valence-corrected chi connectivity index (χ2v) is 5.24. The summed E-state index contributed by atoms with van der Waals surface area (Å²) in [6.07, 6.45) is 2.00. The first-order valence-corrected chi connectivity index (χ1v) is 7.36. The van der Waals surface area contributed by atoms with E-state index in [2.05, 4.69) is 23.3 Å². The Morgan fingerprint density at radius 2 is 1.73 bits per heavy atom. The van der Waals surface area contributed by atoms with Crippen LogP contribution in [0.15, 0.2) is 60.8 Å². The second-order valence-electron chi connectivity index (χ2n) is 5.24. The predicted molar refractivity (Wildman–Crippen MR) is 84.2 cm³/mol. The van der Waals surface area contributed by atoms with Gasteiger partial charge in [-0.15, -0.1) is 0 Å². The normalized spacial score (nSPS) is 13.1. The minimum Gasteiger partial charge on any atom is -0.486 e. The van der Waals surface area contributed by atoms with Crippen molar-refractivity contribution in [2.75, 3.05) is 13.2 Å². The first-order chi connectivity index (χ1) is 10.9. The van der Waals surface area contributed by atoms with E-state index in [4.69, 9.17) is 9.47 Å². The maximum absolute atomic E-state index is 5.62. The molecule has 0 atom stereocenters. The van der Waals surface area contributed by atoms with Crippen molar-refractivity contribution < 1.29 is 9.47 Å². The summed E-state index contributed by atoms with van der Waals surface area (Å²) in [7, 11) is 0. The molecule has 2 heterocycles. The maximum atomic E-state index is 5.62. The topological polar surface area (TPSA) is 36.3 Å². The lowest BCUT2D eigenvalue weighted by atomic mass is 10.2. The van der Waals surface area contributed by atoms with Crippen molar-refractivity contribution in [1.29, 1.82) is 0 Å². The molecule has 22 heavy (non-hydrogen) atoms. The highest BCUT2D eigenvalue weighted by Gasteiger charge is 2.12. The molecule has 1 aliphatic heterocycles. The van der Waals surface area contributed by atoms with Crippen LogP contribution in [0.25, 0.3) is 11.3 Å². The average Bonchev–Trinajstić information content (AvgIpc) is 3.04. The van der Waals surface area contributed by atoms with Gasteiger partial charge in [-0.1, -0.05) is 36.4 Å². The fourth-order valence-electron chi connectivity index (χ4n) is 2.59. The van der Waals surface area contributed by atoms with Crippen molar-refractivity contribution in [1.82, 2.24) is 9.78 Å². The smallest absolute Gasteiger partial charge is 0.161 e. The van der Waals surface area contributed by atoms with E-state index < -0.39 is 0 Å². The molecule has 4 nitrogen and oxygen atoms in total. The lowest BCUT2D eigenvalue weighted by Gasteiger charge is -2.18. The Bertz CT molecular complexity index is 781. The summed E-state index contributed by atoms with van der Waals surface area (Å²) in [5.41, 5.74) is 3.26. The minimum absolute atomic E-state index is 0.608. The molecule has 0 unspecified atom stereocenters. The van der Waals surface area contributed by atoms with Crippen LogP contribution in [0.3, 0.4) is 0 Å². The van der Waals surface area contributed by atoms with Gasteiger partial charge in [0.15, 0.2) is 11.5 Å². The molecule has 2 aromatic carbocycles. The first-order valence-electron chi connectivity index (χ1n) is 7.36. The summed E-state index contributed by atoms with van der Waals surface area (Å²) in [5.74, 6) is 1.64. The molecule has 1 aliphatic rings. The van der Waals surface area contributed by atoms with Gasteiger partial charge in [-0.2, -0.15) is 5.10 Å². The van der Waals surface area contributed by atoms with Crippen LogP contribution in [-0.4, -0.2) is 23.0 Å². The monoisotopic (exact) mass is 292 g/mol. The first kappa shape index (κ1) is 13.0. The lowest BCUT2D eigenvalue weighted by Crippen LogP contribution is -2.15. The molecule has 0 fully saturated rings. The van der Waals surface area contributed by atoms with E-state index in [0.29, 0.717) is 19.8 Å². The standard InChI is InChI=1S/C18H16N2O2/c1-2-4-15(5-3-1)16-8-9-20(19-16)13-14-6-7-17-18(12-14)22-11-10-21-17/h1-9,12H,10-11,13H2. The predicted octanol–water partition coefficient (Wildman–Crippen LogP) is 3.37. The SMILES string of the molecule is c1ccc(-c2ccn(Cc3ccc4c(c3)OCCO4)n2)cc1. The molecule has 110 valence electrons. The molecule has 4 rings (SSSR count). The minimum atomic E-state index is 0.608. The van der Waals surface area contributed by atoms with E-state index in [9.17, 15) is 0 Å². The van der Waals surface area contributed by atoms with Crippen molar-refractivity contribution in [3.63, 3.8) is 0 Å². The molecule has 0 amide bonds. The van der Waals surface area contributed by atoms with Gasteiger partial charge in [-0.05, 0) is 23.8 Å². The molecule has 4 heteroatoms. The Balaban J connectivity index is 1.55. The summed E-state index contributed by atoms with van der Waals surface area (Å²) in [6.45, 7) is 1.94. The van der Waals surface area contributed by atoms with Gasteiger partial charge in [-0.25, -0.2) is 0 Å². The fourth-order valence-corrected chi connectivity index (χ4v) is 2.59. The third kappa shape index (κ3) is 2.55. The van der Waals surface area contributed by atoms with Crippen molar-refractivity contribution in [2.45, 2.75) is 6.54 Å². The van der Waals surface area contributed by atoms with Crippen LogP contribution in [0.4, 0.5) is 0 Å². The van der Waals surface area contributed by atoms with Crippen molar-refractivity contribution >= 4 is 0 Å². The molecule has 0 N–H and O–H groups in total. The van der Waals surface area contributed by atoms with Crippen LogP contribution >= 0.6 is 0 Å². The summed E-state index contributed by atoms with van der Waals surface area (Å²) in [5, 5.41) is 4.63. The molecular weight excluding hydrogens is 276 g/mol. The summed E-state index contributed by atoms with van der Waals surface area (Å²) in [4.78, 5) is 0. The highest BCUT2D eigenvalue weighted by molar-refractivity contribution is 5.58. The van der Waals surface area contributed by atoms with Crippen LogP contribution in [0.2, 0.25) is 0 Å². The highest BCUT2D eigenvalue weighted by atomic mass is 16.6. The van der Waals surface area contributed by atoms with E-state index >= 15 is 0 Å².